The van der Waals surface area contributed by atoms with Gasteiger partial charge in [0.2, 0.25) is 10.0 Å². The Morgan fingerprint density at radius 3 is 2.50 bits per heavy atom. The minimum absolute atomic E-state index is 0. The van der Waals surface area contributed by atoms with Crippen molar-refractivity contribution in [2.45, 2.75) is 31.2 Å². The number of carboxylic acids is 1. The molecule has 2 aromatic carbocycles. The van der Waals surface area contributed by atoms with Gasteiger partial charge in [-0.3, -0.25) is 9.59 Å². The van der Waals surface area contributed by atoms with Gasteiger partial charge < -0.3 is 25.5 Å². The van der Waals surface area contributed by atoms with Crippen LogP contribution in [-0.2, 0) is 14.8 Å². The van der Waals surface area contributed by atoms with Gasteiger partial charge in [0.05, 0.1) is 11.5 Å². The summed E-state index contributed by atoms with van der Waals surface area (Å²) in [6.45, 7) is 2.21. The van der Waals surface area contributed by atoms with E-state index in [1.807, 2.05) is 18.2 Å². The van der Waals surface area contributed by atoms with Gasteiger partial charge in [-0.15, -0.1) is 0 Å². The number of benzene rings is 2. The van der Waals surface area contributed by atoms with Crippen molar-refractivity contribution in [3.8, 4) is 5.75 Å². The first-order valence-electron chi connectivity index (χ1n) is 11.4. The zero-order valence-corrected chi connectivity index (χ0v) is 19.8. The van der Waals surface area contributed by atoms with E-state index < -0.39 is 34.5 Å². The summed E-state index contributed by atoms with van der Waals surface area (Å²) >= 11 is 0. The van der Waals surface area contributed by atoms with Crippen LogP contribution in [0.4, 0.5) is 0 Å². The summed E-state index contributed by atoms with van der Waals surface area (Å²) < 4.78 is 33.0. The van der Waals surface area contributed by atoms with Crippen molar-refractivity contribution in [3.63, 3.8) is 0 Å². The van der Waals surface area contributed by atoms with Gasteiger partial charge in [-0.25, -0.2) is 8.42 Å². The van der Waals surface area contributed by atoms with Crippen LogP contribution >= 0.6 is 0 Å². The number of carboxylic acid groups (broad SMARTS) is 1. The van der Waals surface area contributed by atoms with Gasteiger partial charge in [0, 0.05) is 17.4 Å². The number of aromatic amines is 1. The van der Waals surface area contributed by atoms with Gasteiger partial charge in [0.1, 0.15) is 17.5 Å². The summed E-state index contributed by atoms with van der Waals surface area (Å²) in [5.74, 6) is -0.732. The van der Waals surface area contributed by atoms with E-state index in [1.54, 1.807) is 12.1 Å². The van der Waals surface area contributed by atoms with Crippen molar-refractivity contribution in [1.29, 1.82) is 0 Å². The molecule has 3 aromatic rings. The van der Waals surface area contributed by atoms with Crippen molar-refractivity contribution in [3.05, 3.63) is 60.3 Å². The second kappa shape index (κ2) is 12.0. The smallest absolute Gasteiger partial charge is 0.323 e. The lowest BCUT2D eigenvalue weighted by molar-refractivity contribution is -0.138. The van der Waals surface area contributed by atoms with E-state index in [4.69, 9.17) is 4.74 Å². The lowest BCUT2D eigenvalue weighted by atomic mass is 9.99. The van der Waals surface area contributed by atoms with Crippen LogP contribution in [-0.4, -0.2) is 62.7 Å². The van der Waals surface area contributed by atoms with E-state index in [1.165, 1.54) is 24.3 Å². The summed E-state index contributed by atoms with van der Waals surface area (Å²) in [6.07, 6.45) is 2.16. The highest BCUT2D eigenvalue weighted by atomic mass is 32.2. The highest BCUT2D eigenvalue weighted by Crippen LogP contribution is 2.23. The first-order valence-corrected chi connectivity index (χ1v) is 12.8. The molecule has 0 bridgehead atoms. The minimum Gasteiger partial charge on any atom is -0.493 e. The maximum Gasteiger partial charge on any atom is 0.323 e. The summed E-state index contributed by atoms with van der Waals surface area (Å²) in [7, 11) is -4.06. The first kappa shape index (κ1) is 27.2. The number of aliphatic carboxylic acids is 1. The zero-order chi connectivity index (χ0) is 24.8. The van der Waals surface area contributed by atoms with Crippen LogP contribution in [0.15, 0.2) is 59.5 Å². The lowest BCUT2D eigenvalue weighted by Crippen LogP contribution is -2.48. The van der Waals surface area contributed by atoms with Gasteiger partial charge in [-0.1, -0.05) is 25.6 Å². The van der Waals surface area contributed by atoms with Crippen LogP contribution in [0.3, 0.4) is 0 Å². The SMILES string of the molecule is C.O=C(NCC(NS(=O)(=O)c1ccccc1)C(=O)O)c1cc2cc(OCC3CCNCC3)ccc2[nH]1. The lowest BCUT2D eigenvalue weighted by Gasteiger charge is -2.22. The number of H-pyrrole nitrogens is 1. The summed E-state index contributed by atoms with van der Waals surface area (Å²) in [5.41, 5.74) is 0.953. The van der Waals surface area contributed by atoms with Gasteiger partial charge >= 0.3 is 5.97 Å². The largest absolute Gasteiger partial charge is 0.493 e. The van der Waals surface area contributed by atoms with Crippen molar-refractivity contribution >= 4 is 32.8 Å². The van der Waals surface area contributed by atoms with Gasteiger partial charge in [0.15, 0.2) is 0 Å². The van der Waals surface area contributed by atoms with Crippen LogP contribution in [0.1, 0.15) is 30.8 Å². The molecule has 1 amide bonds. The number of rotatable bonds is 10. The average Bonchev–Trinajstić information content (AvgIpc) is 3.30. The van der Waals surface area contributed by atoms with Crippen molar-refractivity contribution in [1.82, 2.24) is 20.3 Å². The predicted molar refractivity (Wildman–Crippen MR) is 137 cm³/mol. The molecule has 5 N–H and O–H groups in total. The molecule has 4 rings (SSSR count). The maximum atomic E-state index is 12.6. The molecule has 2 heterocycles. The van der Waals surface area contributed by atoms with E-state index in [9.17, 15) is 23.1 Å². The molecule has 194 valence electrons. The standard InChI is InChI=1S/C24H28N4O6S.CH4/c29-23(26-14-22(24(30)31)28-35(32,33)19-4-2-1-3-5-19)21-13-17-12-18(6-7-20(17)27-21)34-15-16-8-10-25-11-9-16;/h1-7,12-13,16,22,25,27-28H,8-11,14-15H2,(H,26,29)(H,30,31);1H4. The van der Waals surface area contributed by atoms with Crippen molar-refractivity contribution < 1.29 is 27.9 Å². The van der Waals surface area contributed by atoms with Crippen LogP contribution in [0.5, 0.6) is 5.75 Å². The molecule has 1 aliphatic heterocycles. The Labute approximate surface area is 210 Å². The van der Waals surface area contributed by atoms with Gasteiger partial charge in [-0.05, 0) is 68.2 Å². The molecule has 0 spiro atoms. The Morgan fingerprint density at radius 2 is 1.81 bits per heavy atom. The summed E-state index contributed by atoms with van der Waals surface area (Å²) in [4.78, 5) is 27.2. The number of carbonyl (C=O) groups is 2. The molecule has 11 heteroatoms. The minimum atomic E-state index is -4.06. The number of nitrogens with one attached hydrogen (secondary N) is 4. The summed E-state index contributed by atoms with van der Waals surface area (Å²) in [6, 6.07) is 13.0. The predicted octanol–water partition coefficient (Wildman–Crippen LogP) is 2.34. The summed E-state index contributed by atoms with van der Waals surface area (Å²) in [5, 5.41) is 16.0. The molecule has 1 unspecified atom stereocenters. The molecule has 1 aromatic heterocycles. The van der Waals surface area contributed by atoms with E-state index in [0.29, 0.717) is 18.3 Å². The quantitative estimate of drug-likeness (QED) is 0.278. The first-order chi connectivity index (χ1) is 16.8. The maximum absolute atomic E-state index is 12.6. The zero-order valence-electron chi connectivity index (χ0n) is 19.0. The highest BCUT2D eigenvalue weighted by Gasteiger charge is 2.26. The van der Waals surface area contributed by atoms with Crippen molar-refractivity contribution in [2.75, 3.05) is 26.2 Å². The molecule has 10 nitrogen and oxygen atoms in total. The third-order valence-corrected chi connectivity index (χ3v) is 7.38. The number of carbonyl (C=O) groups excluding carboxylic acids is 1. The topological polar surface area (TPSA) is 150 Å². The molecule has 1 aliphatic rings. The molecule has 0 radical (unpaired) electrons. The number of hydrogen-bond donors (Lipinski definition) is 5. The Morgan fingerprint density at radius 1 is 1.08 bits per heavy atom. The fourth-order valence-electron chi connectivity index (χ4n) is 3.91. The molecular formula is C25H32N4O6S. The van der Waals surface area contributed by atoms with Crippen LogP contribution in [0.25, 0.3) is 10.9 Å². The van der Waals surface area contributed by atoms with Crippen LogP contribution in [0, 0.1) is 5.92 Å². The molecule has 1 fully saturated rings. The third-order valence-electron chi connectivity index (χ3n) is 5.90. The number of piperidine rings is 1. The Balaban J connectivity index is 0.00000361. The Bertz CT molecular complexity index is 1290. The Hall–Kier alpha value is -3.41. The molecule has 1 saturated heterocycles. The fraction of sp³-hybridized carbons (Fsp3) is 0.360. The van der Waals surface area contributed by atoms with E-state index in [2.05, 4.69) is 20.3 Å². The van der Waals surface area contributed by atoms with Gasteiger partial charge in [-0.2, -0.15) is 4.72 Å². The van der Waals surface area contributed by atoms with E-state index >= 15 is 0 Å². The highest BCUT2D eigenvalue weighted by molar-refractivity contribution is 7.89. The Kier molecular flexibility index (Phi) is 9.08. The van der Waals surface area contributed by atoms with Crippen LogP contribution < -0.4 is 20.1 Å². The molecule has 0 saturated carbocycles. The third kappa shape index (κ3) is 6.84. The molecule has 0 aliphatic carbocycles. The van der Waals surface area contributed by atoms with Crippen LogP contribution in [0.2, 0.25) is 0 Å². The molecular weight excluding hydrogens is 484 g/mol. The van der Waals surface area contributed by atoms with E-state index in [0.717, 1.165) is 36.8 Å². The number of amides is 1. The monoisotopic (exact) mass is 516 g/mol. The van der Waals surface area contributed by atoms with Crippen molar-refractivity contribution in [2.24, 2.45) is 5.92 Å². The molecule has 36 heavy (non-hydrogen) atoms. The normalized spacial score (nSPS) is 15.1. The second-order valence-corrected chi connectivity index (χ2v) is 10.2. The number of aromatic nitrogens is 1. The molecule has 1 atom stereocenters. The average molecular weight is 517 g/mol. The van der Waals surface area contributed by atoms with Gasteiger partial charge in [0.25, 0.3) is 5.91 Å². The van der Waals surface area contributed by atoms with E-state index in [-0.39, 0.29) is 18.0 Å². The number of fused-ring (bicyclic) bond motifs is 1. The number of hydrogen-bond acceptors (Lipinski definition) is 6. The number of sulfonamides is 1. The fourth-order valence-corrected chi connectivity index (χ4v) is 5.12. The second-order valence-electron chi connectivity index (χ2n) is 8.47. The number of ether oxygens (including phenoxy) is 1.